The van der Waals surface area contributed by atoms with Gasteiger partial charge in [-0.15, -0.1) is 6.58 Å². The average Bonchev–Trinajstić information content (AvgIpc) is 2.75. The molecule has 2 aliphatic rings. The standard InChI is InChI=1S/C25H30N2O3/c1-2-12-27-13-11-25(19-9-6-10-21(28)14-19)16-20(15-23(29)22(25)17-27)26-24(30)18-7-4-3-5-8-18/h2-10,14,20,22-23,28-29H,1,11-13,15-17H2,(H,26,30)/t20-,22+,23?,25+/m1/s1. The number of fused-ring (bicyclic) bond motifs is 1. The van der Waals surface area contributed by atoms with Gasteiger partial charge in [0.15, 0.2) is 0 Å². The minimum absolute atomic E-state index is 0.0397. The molecule has 158 valence electrons. The zero-order valence-electron chi connectivity index (χ0n) is 17.2. The summed E-state index contributed by atoms with van der Waals surface area (Å²) in [5.74, 6) is 0.165. The number of piperidine rings is 1. The Morgan fingerprint density at radius 2 is 2.03 bits per heavy atom. The molecule has 1 aliphatic carbocycles. The number of phenolic OH excluding ortho intramolecular Hbond substituents is 1. The van der Waals surface area contributed by atoms with Crippen molar-refractivity contribution in [2.24, 2.45) is 5.92 Å². The summed E-state index contributed by atoms with van der Waals surface area (Å²) in [6.07, 6.45) is 3.52. The lowest BCUT2D eigenvalue weighted by atomic mass is 9.57. The number of aliphatic hydroxyl groups is 1. The number of amides is 1. The molecule has 2 fully saturated rings. The van der Waals surface area contributed by atoms with E-state index >= 15 is 0 Å². The van der Waals surface area contributed by atoms with E-state index in [1.165, 1.54) is 0 Å². The molecular weight excluding hydrogens is 376 g/mol. The molecule has 0 bridgehead atoms. The van der Waals surface area contributed by atoms with Gasteiger partial charge in [0.1, 0.15) is 5.75 Å². The fourth-order valence-electron chi connectivity index (χ4n) is 5.42. The first-order valence-electron chi connectivity index (χ1n) is 10.7. The molecule has 1 unspecified atom stereocenters. The Morgan fingerprint density at radius 1 is 1.23 bits per heavy atom. The second-order valence-corrected chi connectivity index (χ2v) is 8.65. The molecule has 2 aromatic rings. The molecule has 1 heterocycles. The predicted molar refractivity (Wildman–Crippen MR) is 117 cm³/mol. The number of carbonyl (C=O) groups is 1. The van der Waals surface area contributed by atoms with Gasteiger partial charge in [-0.2, -0.15) is 0 Å². The number of rotatable bonds is 5. The predicted octanol–water partition coefficient (Wildman–Crippen LogP) is 3.09. The number of hydrogen-bond acceptors (Lipinski definition) is 4. The fourth-order valence-corrected chi connectivity index (χ4v) is 5.42. The molecule has 1 aliphatic heterocycles. The quantitative estimate of drug-likeness (QED) is 0.667. The number of hydrogen-bond donors (Lipinski definition) is 3. The highest BCUT2D eigenvalue weighted by molar-refractivity contribution is 5.94. The molecule has 5 nitrogen and oxygen atoms in total. The average molecular weight is 407 g/mol. The summed E-state index contributed by atoms with van der Waals surface area (Å²) in [4.78, 5) is 15.1. The Bertz CT molecular complexity index is 900. The van der Waals surface area contributed by atoms with Gasteiger partial charge in [0.25, 0.3) is 5.91 Å². The van der Waals surface area contributed by atoms with Gasteiger partial charge < -0.3 is 15.5 Å². The minimum Gasteiger partial charge on any atom is -0.508 e. The van der Waals surface area contributed by atoms with Crippen molar-refractivity contribution >= 4 is 5.91 Å². The van der Waals surface area contributed by atoms with Crippen LogP contribution in [0.15, 0.2) is 67.3 Å². The number of carbonyl (C=O) groups excluding carboxylic acids is 1. The SMILES string of the molecule is C=CCN1CC[C@@]2(c3cccc(O)c3)C[C@H](NC(=O)c3ccccc3)CC(O)[C@@H]2C1. The third-order valence-corrected chi connectivity index (χ3v) is 6.82. The molecule has 3 N–H and O–H groups in total. The Labute approximate surface area is 178 Å². The molecule has 4 rings (SSSR count). The summed E-state index contributed by atoms with van der Waals surface area (Å²) in [6.45, 7) is 6.33. The van der Waals surface area contributed by atoms with Gasteiger partial charge >= 0.3 is 0 Å². The van der Waals surface area contributed by atoms with Crippen LogP contribution in [-0.2, 0) is 5.41 Å². The van der Waals surface area contributed by atoms with E-state index in [2.05, 4.69) is 16.8 Å². The molecule has 5 heteroatoms. The molecule has 1 saturated carbocycles. The van der Waals surface area contributed by atoms with Crippen molar-refractivity contribution in [3.8, 4) is 5.75 Å². The van der Waals surface area contributed by atoms with E-state index < -0.39 is 6.10 Å². The first kappa shape index (κ1) is 20.6. The van der Waals surface area contributed by atoms with Crippen molar-refractivity contribution in [2.75, 3.05) is 19.6 Å². The van der Waals surface area contributed by atoms with Crippen molar-refractivity contribution in [1.29, 1.82) is 0 Å². The highest BCUT2D eigenvalue weighted by Gasteiger charge is 2.52. The first-order chi connectivity index (χ1) is 14.5. The van der Waals surface area contributed by atoms with Crippen molar-refractivity contribution < 1.29 is 15.0 Å². The van der Waals surface area contributed by atoms with Crippen LogP contribution in [0.1, 0.15) is 35.2 Å². The molecule has 1 saturated heterocycles. The van der Waals surface area contributed by atoms with Crippen LogP contribution in [0.2, 0.25) is 0 Å². The lowest BCUT2D eigenvalue weighted by molar-refractivity contribution is -0.0450. The lowest BCUT2D eigenvalue weighted by Gasteiger charge is -2.54. The molecule has 0 aromatic heterocycles. The smallest absolute Gasteiger partial charge is 0.251 e. The van der Waals surface area contributed by atoms with Gasteiger partial charge in [0, 0.05) is 36.0 Å². The fraction of sp³-hybridized carbons (Fsp3) is 0.400. The normalized spacial score (nSPS) is 29.0. The molecule has 0 radical (unpaired) electrons. The largest absolute Gasteiger partial charge is 0.508 e. The Kier molecular flexibility index (Phi) is 5.93. The third-order valence-electron chi connectivity index (χ3n) is 6.82. The van der Waals surface area contributed by atoms with Crippen LogP contribution in [0.5, 0.6) is 5.75 Å². The number of phenols is 1. The number of nitrogens with zero attached hydrogens (tertiary/aromatic N) is 1. The number of aromatic hydroxyl groups is 1. The van der Waals surface area contributed by atoms with Gasteiger partial charge in [-0.3, -0.25) is 9.69 Å². The van der Waals surface area contributed by atoms with Crippen LogP contribution in [0.25, 0.3) is 0 Å². The second kappa shape index (κ2) is 8.62. The monoisotopic (exact) mass is 406 g/mol. The summed E-state index contributed by atoms with van der Waals surface area (Å²) < 4.78 is 0. The maximum absolute atomic E-state index is 12.8. The van der Waals surface area contributed by atoms with Gasteiger partial charge in [-0.1, -0.05) is 36.4 Å². The molecule has 0 spiro atoms. The van der Waals surface area contributed by atoms with E-state index in [0.717, 1.165) is 38.0 Å². The van der Waals surface area contributed by atoms with Gasteiger partial charge in [-0.05, 0) is 55.6 Å². The number of aliphatic hydroxyl groups excluding tert-OH is 1. The number of nitrogens with one attached hydrogen (secondary N) is 1. The molecule has 2 aromatic carbocycles. The second-order valence-electron chi connectivity index (χ2n) is 8.65. The van der Waals surface area contributed by atoms with Gasteiger partial charge in [-0.25, -0.2) is 0 Å². The summed E-state index contributed by atoms with van der Waals surface area (Å²) in [5.41, 5.74) is 1.38. The third kappa shape index (κ3) is 4.00. The topological polar surface area (TPSA) is 72.8 Å². The highest BCUT2D eigenvalue weighted by Crippen LogP contribution is 2.49. The lowest BCUT2D eigenvalue weighted by Crippen LogP contribution is -2.61. The van der Waals surface area contributed by atoms with E-state index in [1.807, 2.05) is 42.5 Å². The summed E-state index contributed by atoms with van der Waals surface area (Å²) >= 11 is 0. The number of likely N-dealkylation sites (tertiary alicyclic amines) is 1. The van der Waals surface area contributed by atoms with Crippen LogP contribution in [0, 0.1) is 5.92 Å². The summed E-state index contributed by atoms with van der Waals surface area (Å²) in [7, 11) is 0. The van der Waals surface area contributed by atoms with E-state index in [-0.39, 0.29) is 29.0 Å². The molecule has 1 amide bonds. The van der Waals surface area contributed by atoms with E-state index in [4.69, 9.17) is 0 Å². The molecule has 30 heavy (non-hydrogen) atoms. The summed E-state index contributed by atoms with van der Waals surface area (Å²) in [6, 6.07) is 16.5. The van der Waals surface area contributed by atoms with Crippen molar-refractivity contribution in [1.82, 2.24) is 10.2 Å². The minimum atomic E-state index is -0.533. The zero-order chi connectivity index (χ0) is 21.1. The van der Waals surface area contributed by atoms with Crippen LogP contribution < -0.4 is 5.32 Å². The van der Waals surface area contributed by atoms with Gasteiger partial charge in [0.05, 0.1) is 6.10 Å². The first-order valence-corrected chi connectivity index (χ1v) is 10.7. The molecule has 4 atom stereocenters. The Balaban J connectivity index is 1.63. The molecular formula is C25H30N2O3. The maximum Gasteiger partial charge on any atom is 0.251 e. The Hall–Kier alpha value is -2.63. The van der Waals surface area contributed by atoms with E-state index in [1.54, 1.807) is 18.2 Å². The van der Waals surface area contributed by atoms with Crippen LogP contribution in [0.3, 0.4) is 0 Å². The highest BCUT2D eigenvalue weighted by atomic mass is 16.3. The van der Waals surface area contributed by atoms with Crippen LogP contribution >= 0.6 is 0 Å². The zero-order valence-corrected chi connectivity index (χ0v) is 17.2. The van der Waals surface area contributed by atoms with Crippen molar-refractivity contribution in [3.05, 3.63) is 78.4 Å². The van der Waals surface area contributed by atoms with Crippen LogP contribution in [0.4, 0.5) is 0 Å². The van der Waals surface area contributed by atoms with Gasteiger partial charge in [0.2, 0.25) is 0 Å². The van der Waals surface area contributed by atoms with Crippen LogP contribution in [-0.4, -0.2) is 52.8 Å². The van der Waals surface area contributed by atoms with Crippen molar-refractivity contribution in [2.45, 2.75) is 36.8 Å². The number of benzene rings is 2. The van der Waals surface area contributed by atoms with E-state index in [9.17, 15) is 15.0 Å². The van der Waals surface area contributed by atoms with E-state index in [0.29, 0.717) is 12.0 Å². The Morgan fingerprint density at radius 3 is 2.77 bits per heavy atom. The summed E-state index contributed by atoms with van der Waals surface area (Å²) in [5, 5.41) is 24.5. The maximum atomic E-state index is 12.8. The van der Waals surface area contributed by atoms with Crippen molar-refractivity contribution in [3.63, 3.8) is 0 Å².